The van der Waals surface area contributed by atoms with Crippen LogP contribution >= 0.6 is 15.9 Å². The lowest BCUT2D eigenvalue weighted by molar-refractivity contribution is 0.116. The van der Waals surface area contributed by atoms with Crippen LogP contribution in [0.5, 0.6) is 0 Å². The average molecular weight is 787 g/mol. The Hall–Kier alpha value is -3.34. The maximum atomic E-state index is 15.4. The first kappa shape index (κ1) is 38.4. The van der Waals surface area contributed by atoms with E-state index in [1.54, 1.807) is 13.2 Å². The molecule has 0 saturated carbocycles. The second-order valence-corrected chi connectivity index (χ2v) is 20.9. The van der Waals surface area contributed by atoms with Gasteiger partial charge in [0.25, 0.3) is 8.32 Å². The summed E-state index contributed by atoms with van der Waals surface area (Å²) in [5.74, 6) is -0.280. The van der Waals surface area contributed by atoms with Crippen LogP contribution in [-0.4, -0.2) is 57.9 Å². The van der Waals surface area contributed by atoms with Crippen molar-refractivity contribution in [3.05, 3.63) is 107 Å². The van der Waals surface area contributed by atoms with Gasteiger partial charge in [0, 0.05) is 44.3 Å². The lowest BCUT2D eigenvalue weighted by atomic mass is 9.84. The summed E-state index contributed by atoms with van der Waals surface area (Å²) in [7, 11) is -1.06. The predicted molar refractivity (Wildman–Crippen MR) is 218 cm³/mol. The van der Waals surface area contributed by atoms with Gasteiger partial charge >= 0.3 is 0 Å². The van der Waals surface area contributed by atoms with Crippen molar-refractivity contribution >= 4 is 51.2 Å². The molecule has 1 aliphatic rings. The number of rotatable bonds is 12. The zero-order valence-corrected chi connectivity index (χ0v) is 34.5. The Balaban J connectivity index is 1.51. The molecule has 0 N–H and O–H groups in total. The molecule has 276 valence electrons. The molecule has 1 atom stereocenters. The summed E-state index contributed by atoms with van der Waals surface area (Å²) in [5.41, 5.74) is 5.67. The van der Waals surface area contributed by atoms with Crippen molar-refractivity contribution in [3.63, 3.8) is 0 Å². The Bertz CT molecular complexity index is 1950. The Labute approximate surface area is 318 Å². The number of methoxy groups -OCH3 is 1. The smallest absolute Gasteiger partial charge is 0.261 e. The molecule has 1 aliphatic heterocycles. The maximum absolute atomic E-state index is 15.4. The van der Waals surface area contributed by atoms with E-state index in [1.807, 2.05) is 19.2 Å². The second-order valence-electron chi connectivity index (χ2n) is 15.8. The van der Waals surface area contributed by atoms with E-state index < -0.39 is 8.32 Å². The second kappa shape index (κ2) is 15.6. The highest BCUT2D eigenvalue weighted by molar-refractivity contribution is 9.10. The Morgan fingerprint density at radius 3 is 2.12 bits per heavy atom. The highest BCUT2D eigenvalue weighted by atomic mass is 79.9. The van der Waals surface area contributed by atoms with E-state index in [0.717, 1.165) is 52.2 Å². The fourth-order valence-corrected chi connectivity index (χ4v) is 13.0. The monoisotopic (exact) mass is 785 g/mol. The van der Waals surface area contributed by atoms with E-state index in [-0.39, 0.29) is 22.4 Å². The Kier molecular flexibility index (Phi) is 11.5. The molecule has 1 fully saturated rings. The molecule has 0 spiro atoms. The number of hydrogen-bond donors (Lipinski definition) is 0. The van der Waals surface area contributed by atoms with E-state index in [1.165, 1.54) is 10.4 Å². The fourth-order valence-electron chi connectivity index (χ4n) is 7.91. The average Bonchev–Trinajstić information content (AvgIpc) is 3.42. The van der Waals surface area contributed by atoms with Gasteiger partial charge in [-0.2, -0.15) is 0 Å². The third-order valence-electron chi connectivity index (χ3n) is 10.6. The third kappa shape index (κ3) is 7.40. The summed E-state index contributed by atoms with van der Waals surface area (Å²) >= 11 is 3.53. The summed E-state index contributed by atoms with van der Waals surface area (Å²) in [6, 6.07) is 27.5. The van der Waals surface area contributed by atoms with Gasteiger partial charge in [0.05, 0.1) is 52.6 Å². The van der Waals surface area contributed by atoms with E-state index in [4.69, 9.17) is 18.9 Å². The molecule has 0 bridgehead atoms. The van der Waals surface area contributed by atoms with Crippen LogP contribution in [0.25, 0.3) is 22.2 Å². The first-order valence-corrected chi connectivity index (χ1v) is 21.1. The molecule has 0 aliphatic carbocycles. The highest BCUT2D eigenvalue weighted by Gasteiger charge is 2.51. The van der Waals surface area contributed by atoms with Gasteiger partial charge in [0.2, 0.25) is 0 Å². The van der Waals surface area contributed by atoms with Crippen LogP contribution in [0.15, 0.2) is 89.5 Å². The van der Waals surface area contributed by atoms with Crippen molar-refractivity contribution in [1.29, 1.82) is 0 Å². The molecule has 2 aromatic heterocycles. The van der Waals surface area contributed by atoms with Crippen molar-refractivity contribution in [2.45, 2.75) is 72.6 Å². The molecule has 0 radical (unpaired) electrons. The lowest BCUT2D eigenvalue weighted by Gasteiger charge is -2.44. The summed E-state index contributed by atoms with van der Waals surface area (Å²) in [6.07, 6.45) is 2.40. The first-order chi connectivity index (χ1) is 24.8. The van der Waals surface area contributed by atoms with Gasteiger partial charge in [-0.05, 0) is 80.8 Å². The molecule has 1 saturated heterocycles. The molecule has 3 heterocycles. The van der Waals surface area contributed by atoms with E-state index >= 15 is 4.39 Å². The van der Waals surface area contributed by atoms with Crippen molar-refractivity contribution in [2.24, 2.45) is 5.41 Å². The molecule has 0 amide bonds. The highest BCUT2D eigenvalue weighted by Crippen LogP contribution is 2.44. The number of aromatic nitrogens is 2. The Morgan fingerprint density at radius 2 is 1.56 bits per heavy atom. The molecule has 9 heteroatoms. The van der Waals surface area contributed by atoms with Gasteiger partial charge in [-0.1, -0.05) is 95.3 Å². The van der Waals surface area contributed by atoms with E-state index in [2.05, 4.69) is 134 Å². The van der Waals surface area contributed by atoms with Crippen LogP contribution in [-0.2, 0) is 26.9 Å². The largest absolute Gasteiger partial charge is 0.407 e. The lowest BCUT2D eigenvalue weighted by Crippen LogP contribution is -2.67. The molecule has 1 unspecified atom stereocenters. The van der Waals surface area contributed by atoms with Crippen LogP contribution in [0.1, 0.15) is 65.8 Å². The number of benzene rings is 3. The van der Waals surface area contributed by atoms with Crippen LogP contribution in [0.2, 0.25) is 5.04 Å². The maximum Gasteiger partial charge on any atom is 0.261 e. The van der Waals surface area contributed by atoms with Crippen LogP contribution in [0, 0.1) is 11.2 Å². The molecule has 6 nitrogen and oxygen atoms in total. The van der Waals surface area contributed by atoms with Gasteiger partial charge in [-0.25, -0.2) is 4.39 Å². The number of anilines is 1. The summed E-state index contributed by atoms with van der Waals surface area (Å²) in [5, 5.41) is 3.40. The number of morpholine rings is 1. The number of ether oxygens (including phenoxy) is 2. The standard InChI is InChI=1S/C43H53BrFN3O3Si/c1-9-48-39-26-38(45)37(44)25-34(39)36(41(48)35-24-31(47-20-22-50-23-21-47)28-46-40(35)30(2)49-8)27-43(6,7)29-51-52(42(3,4)5,32-16-12-10-13-17-32)33-18-14-11-15-19-33/h10-19,24-26,28,30H,9,20-23,27,29H2,1-8H3. The molecule has 3 aromatic carbocycles. The van der Waals surface area contributed by atoms with Crippen molar-refractivity contribution < 1.29 is 18.3 Å². The van der Waals surface area contributed by atoms with Gasteiger partial charge in [0.15, 0.2) is 0 Å². The fraction of sp³-hybridized carbons (Fsp3) is 0.419. The van der Waals surface area contributed by atoms with Crippen molar-refractivity contribution in [1.82, 2.24) is 9.55 Å². The number of fused-ring (bicyclic) bond motifs is 1. The van der Waals surface area contributed by atoms with Gasteiger partial charge in [-0.15, -0.1) is 0 Å². The van der Waals surface area contributed by atoms with Gasteiger partial charge in [-0.3, -0.25) is 4.98 Å². The number of aryl methyl sites for hydroxylation is 1. The van der Waals surface area contributed by atoms with E-state index in [0.29, 0.717) is 37.3 Å². The Morgan fingerprint density at radius 1 is 0.942 bits per heavy atom. The van der Waals surface area contributed by atoms with Crippen molar-refractivity contribution in [3.8, 4) is 11.3 Å². The molecule has 6 rings (SSSR count). The molecular weight excluding hydrogens is 733 g/mol. The zero-order valence-electron chi connectivity index (χ0n) is 31.9. The van der Waals surface area contributed by atoms with Crippen LogP contribution in [0.3, 0.4) is 0 Å². The number of halogens is 2. The molecule has 52 heavy (non-hydrogen) atoms. The van der Waals surface area contributed by atoms with Gasteiger partial charge < -0.3 is 23.4 Å². The zero-order chi connectivity index (χ0) is 37.3. The summed E-state index contributed by atoms with van der Waals surface area (Å²) < 4.78 is 37.2. The number of nitrogens with zero attached hydrogens (tertiary/aromatic N) is 3. The predicted octanol–water partition coefficient (Wildman–Crippen LogP) is 9.31. The minimum atomic E-state index is -2.79. The summed E-state index contributed by atoms with van der Waals surface area (Å²) in [6.45, 7) is 19.9. The SMILES string of the molecule is CCn1c(-c2cc(N3CCOCC3)cnc2C(C)OC)c(CC(C)(C)CO[Si](c2ccccc2)(c2ccccc2)C(C)(C)C)c2cc(Br)c(F)cc21. The minimum Gasteiger partial charge on any atom is -0.407 e. The molecular formula is C43H53BrFN3O3Si. The van der Waals surface area contributed by atoms with Crippen LogP contribution < -0.4 is 15.3 Å². The molecule has 5 aromatic rings. The number of hydrogen-bond acceptors (Lipinski definition) is 5. The normalized spacial score (nSPS) is 15.0. The van der Waals surface area contributed by atoms with Crippen LogP contribution in [0.4, 0.5) is 10.1 Å². The topological polar surface area (TPSA) is 48.8 Å². The van der Waals surface area contributed by atoms with Crippen molar-refractivity contribution in [2.75, 3.05) is 44.9 Å². The van der Waals surface area contributed by atoms with Gasteiger partial charge in [0.1, 0.15) is 5.82 Å². The number of pyridine rings is 1. The van der Waals surface area contributed by atoms with E-state index in [9.17, 15) is 0 Å². The minimum absolute atomic E-state index is 0.144. The first-order valence-electron chi connectivity index (χ1n) is 18.4. The third-order valence-corrected chi connectivity index (χ3v) is 16.1. The summed E-state index contributed by atoms with van der Waals surface area (Å²) in [4.78, 5) is 7.39. The quantitative estimate of drug-likeness (QED) is 0.118.